The van der Waals surface area contributed by atoms with Crippen LogP contribution in [-0.2, 0) is 23.0 Å². The Bertz CT molecular complexity index is 735. The van der Waals surface area contributed by atoms with Crippen molar-refractivity contribution >= 4 is 21.4 Å². The maximum Gasteiger partial charge on any atom is 0.243 e. The first-order chi connectivity index (χ1) is 9.46. The first-order valence-corrected chi connectivity index (χ1v) is 8.30. The van der Waals surface area contributed by atoms with Crippen molar-refractivity contribution in [2.24, 2.45) is 0 Å². The van der Waals surface area contributed by atoms with E-state index in [9.17, 15) is 17.2 Å². The lowest BCUT2D eigenvalue weighted by Gasteiger charge is -2.26. The Balaban J connectivity index is 1.97. The summed E-state index contributed by atoms with van der Waals surface area (Å²) in [5.41, 5.74) is 0.960. The quantitative estimate of drug-likeness (QED) is 0.854. The molecule has 1 aromatic carbocycles. The Hall–Kier alpha value is -1.31. The normalized spacial score (nSPS) is 16.1. The monoisotopic (exact) mass is 315 g/mol. The van der Waals surface area contributed by atoms with E-state index in [1.165, 1.54) is 9.18 Å². The Labute approximate surface area is 119 Å². The molecule has 106 valence electrons. The Morgan fingerprint density at radius 3 is 2.55 bits per heavy atom. The minimum atomic E-state index is -3.87. The Kier molecular flexibility index (Phi) is 3.35. The van der Waals surface area contributed by atoms with E-state index in [0.29, 0.717) is 19.0 Å². The third-order valence-corrected chi connectivity index (χ3v) is 6.09. The van der Waals surface area contributed by atoms with Crippen molar-refractivity contribution in [3.63, 3.8) is 0 Å². The highest BCUT2D eigenvalue weighted by molar-refractivity contribution is 7.89. The average Bonchev–Trinajstić information content (AvgIpc) is 2.84. The second-order valence-electron chi connectivity index (χ2n) is 4.56. The van der Waals surface area contributed by atoms with Crippen LogP contribution in [0.5, 0.6) is 0 Å². The number of fused-ring (bicyclic) bond motifs is 1. The summed E-state index contributed by atoms with van der Waals surface area (Å²) in [5.74, 6) is -1.78. The highest BCUT2D eigenvalue weighted by atomic mass is 32.2. The van der Waals surface area contributed by atoms with Crippen LogP contribution in [0.3, 0.4) is 0 Å². The number of halogens is 2. The molecule has 0 saturated carbocycles. The third-order valence-electron chi connectivity index (χ3n) is 3.25. The zero-order chi connectivity index (χ0) is 14.3. The second kappa shape index (κ2) is 4.91. The average molecular weight is 315 g/mol. The van der Waals surface area contributed by atoms with E-state index in [4.69, 9.17) is 0 Å². The molecule has 0 spiro atoms. The molecule has 1 aromatic heterocycles. The molecule has 3 rings (SSSR count). The van der Waals surface area contributed by atoms with Crippen molar-refractivity contribution in [1.29, 1.82) is 0 Å². The van der Waals surface area contributed by atoms with Gasteiger partial charge in [-0.1, -0.05) is 0 Å². The second-order valence-corrected chi connectivity index (χ2v) is 7.50. The molecule has 3 nitrogen and oxygen atoms in total. The Morgan fingerprint density at radius 2 is 1.85 bits per heavy atom. The molecule has 7 heteroatoms. The highest BCUT2D eigenvalue weighted by Gasteiger charge is 2.29. The van der Waals surface area contributed by atoms with Crippen LogP contribution in [0, 0.1) is 11.6 Å². The molecule has 0 bridgehead atoms. The molecule has 0 saturated heterocycles. The number of thiophene rings is 1. The maximum atomic E-state index is 13.2. The first-order valence-electron chi connectivity index (χ1n) is 5.98. The number of sulfonamides is 1. The zero-order valence-corrected chi connectivity index (χ0v) is 12.0. The van der Waals surface area contributed by atoms with Gasteiger partial charge in [0.1, 0.15) is 11.6 Å². The minimum Gasteiger partial charge on any atom is -0.207 e. The molecule has 20 heavy (non-hydrogen) atoms. The lowest BCUT2D eigenvalue weighted by Crippen LogP contribution is -2.35. The van der Waals surface area contributed by atoms with E-state index in [1.54, 1.807) is 11.3 Å². The molecule has 1 aliphatic heterocycles. The van der Waals surface area contributed by atoms with Crippen LogP contribution < -0.4 is 0 Å². The number of hydrogen-bond donors (Lipinski definition) is 0. The highest BCUT2D eigenvalue weighted by Crippen LogP contribution is 2.28. The van der Waals surface area contributed by atoms with Crippen molar-refractivity contribution in [2.45, 2.75) is 17.9 Å². The largest absolute Gasteiger partial charge is 0.243 e. The fraction of sp³-hybridized carbons (Fsp3) is 0.231. The van der Waals surface area contributed by atoms with Gasteiger partial charge in [0.05, 0.1) is 4.90 Å². The third kappa shape index (κ3) is 2.36. The first kappa shape index (κ1) is 13.7. The maximum absolute atomic E-state index is 13.2. The fourth-order valence-electron chi connectivity index (χ4n) is 2.25. The van der Waals surface area contributed by atoms with Gasteiger partial charge in [-0.25, -0.2) is 17.2 Å². The number of benzene rings is 1. The van der Waals surface area contributed by atoms with E-state index in [-0.39, 0.29) is 11.4 Å². The van der Waals surface area contributed by atoms with Gasteiger partial charge in [-0.15, -0.1) is 11.3 Å². The van der Waals surface area contributed by atoms with E-state index in [0.717, 1.165) is 17.7 Å². The predicted octanol–water partition coefficient (Wildman–Crippen LogP) is 2.77. The van der Waals surface area contributed by atoms with Crippen molar-refractivity contribution in [1.82, 2.24) is 4.31 Å². The van der Waals surface area contributed by atoms with Gasteiger partial charge in [0.15, 0.2) is 0 Å². The van der Waals surface area contributed by atoms with Crippen molar-refractivity contribution in [3.8, 4) is 0 Å². The molecule has 0 aliphatic carbocycles. The van der Waals surface area contributed by atoms with Crippen molar-refractivity contribution in [3.05, 3.63) is 51.7 Å². The number of rotatable bonds is 2. The van der Waals surface area contributed by atoms with Crippen LogP contribution in [0.2, 0.25) is 0 Å². The molecule has 0 unspecified atom stereocenters. The molecule has 0 amide bonds. The fourth-order valence-corrected chi connectivity index (χ4v) is 4.61. The Morgan fingerprint density at radius 1 is 1.15 bits per heavy atom. The van der Waals surface area contributed by atoms with E-state index < -0.39 is 21.7 Å². The van der Waals surface area contributed by atoms with Gasteiger partial charge >= 0.3 is 0 Å². The lowest BCUT2D eigenvalue weighted by atomic mass is 10.1. The van der Waals surface area contributed by atoms with Gasteiger partial charge in [-0.3, -0.25) is 0 Å². The summed E-state index contributed by atoms with van der Waals surface area (Å²) < 4.78 is 52.5. The van der Waals surface area contributed by atoms with Gasteiger partial charge in [0.2, 0.25) is 10.0 Å². The summed E-state index contributed by atoms with van der Waals surface area (Å²) in [6, 6.07) is 4.24. The molecule has 1 aliphatic rings. The number of nitrogens with zero attached hydrogens (tertiary/aromatic N) is 1. The van der Waals surface area contributed by atoms with Crippen LogP contribution in [-0.4, -0.2) is 19.3 Å². The van der Waals surface area contributed by atoms with Crippen LogP contribution in [0.4, 0.5) is 8.78 Å². The summed E-state index contributed by atoms with van der Waals surface area (Å²) in [4.78, 5) is 0.829. The molecular weight excluding hydrogens is 304 g/mol. The van der Waals surface area contributed by atoms with Crippen LogP contribution >= 0.6 is 11.3 Å². The molecule has 2 heterocycles. The summed E-state index contributed by atoms with van der Waals surface area (Å²) in [7, 11) is -3.87. The molecule has 0 fully saturated rings. The smallest absolute Gasteiger partial charge is 0.207 e. The SMILES string of the molecule is O=S(=O)(c1cc(F)cc(F)c1)N1CCc2sccc2C1. The molecule has 0 N–H and O–H groups in total. The van der Waals surface area contributed by atoms with E-state index in [1.807, 2.05) is 11.4 Å². The van der Waals surface area contributed by atoms with Gasteiger partial charge in [0, 0.05) is 24.0 Å². The summed E-state index contributed by atoms with van der Waals surface area (Å²) >= 11 is 1.60. The molecule has 2 aromatic rings. The zero-order valence-electron chi connectivity index (χ0n) is 10.3. The van der Waals surface area contributed by atoms with Gasteiger partial charge < -0.3 is 0 Å². The lowest BCUT2D eigenvalue weighted by molar-refractivity contribution is 0.393. The molecular formula is C13H11F2NO2S2. The van der Waals surface area contributed by atoms with E-state index >= 15 is 0 Å². The summed E-state index contributed by atoms with van der Waals surface area (Å²) in [6.07, 6.45) is 0.629. The van der Waals surface area contributed by atoms with E-state index in [2.05, 4.69) is 0 Å². The van der Waals surface area contributed by atoms with Crippen LogP contribution in [0.1, 0.15) is 10.4 Å². The summed E-state index contributed by atoms with van der Waals surface area (Å²) in [5, 5.41) is 1.92. The van der Waals surface area contributed by atoms with Gasteiger partial charge in [0.25, 0.3) is 0 Å². The number of hydrogen-bond acceptors (Lipinski definition) is 3. The topological polar surface area (TPSA) is 37.4 Å². The summed E-state index contributed by atoms with van der Waals surface area (Å²) in [6.45, 7) is 0.577. The molecule has 0 radical (unpaired) electrons. The van der Waals surface area contributed by atoms with Crippen molar-refractivity contribution in [2.75, 3.05) is 6.54 Å². The van der Waals surface area contributed by atoms with Crippen molar-refractivity contribution < 1.29 is 17.2 Å². The van der Waals surface area contributed by atoms with Gasteiger partial charge in [-0.05, 0) is 35.6 Å². The van der Waals surface area contributed by atoms with Crippen LogP contribution in [0.15, 0.2) is 34.5 Å². The van der Waals surface area contributed by atoms with Gasteiger partial charge in [-0.2, -0.15) is 4.31 Å². The minimum absolute atomic E-state index is 0.249. The molecule has 0 atom stereocenters. The van der Waals surface area contributed by atoms with Crippen LogP contribution in [0.25, 0.3) is 0 Å². The predicted molar refractivity (Wildman–Crippen MR) is 72.0 cm³/mol. The standard InChI is InChI=1S/C13H11F2NO2S2/c14-10-5-11(15)7-12(6-10)20(17,18)16-3-1-13-9(8-16)2-4-19-13/h2,4-7H,1,3,8H2.